The first kappa shape index (κ1) is 23.7. The van der Waals surface area contributed by atoms with Crippen molar-refractivity contribution in [3.8, 4) is 5.75 Å². The summed E-state index contributed by atoms with van der Waals surface area (Å²) in [4.78, 5) is 0. The highest BCUT2D eigenvalue weighted by atomic mass is 32.2. The molecule has 0 radical (unpaired) electrons. The molecule has 7 nitrogen and oxygen atoms in total. The molecule has 0 saturated heterocycles. The number of nitrogens with two attached hydrogens (primary N) is 1. The molecule has 34 heavy (non-hydrogen) atoms. The molecule has 2 N–H and O–H groups in total. The maximum Gasteiger partial charge on any atom is 0.250 e. The van der Waals surface area contributed by atoms with Gasteiger partial charge in [0.05, 0.1) is 18.9 Å². The van der Waals surface area contributed by atoms with E-state index in [-0.39, 0.29) is 10.9 Å². The predicted octanol–water partition coefficient (Wildman–Crippen LogP) is 3.75. The number of rotatable bonds is 10. The van der Waals surface area contributed by atoms with Gasteiger partial charge in [-0.05, 0) is 41.7 Å². The van der Waals surface area contributed by atoms with Gasteiger partial charge < -0.3 is 15.0 Å². The smallest absolute Gasteiger partial charge is 0.250 e. The van der Waals surface area contributed by atoms with Gasteiger partial charge in [-0.25, -0.2) is 8.42 Å². The molecule has 0 saturated carbocycles. The van der Waals surface area contributed by atoms with E-state index in [0.717, 1.165) is 11.1 Å². The van der Waals surface area contributed by atoms with Crippen LogP contribution < -0.4 is 10.5 Å². The molecule has 0 aliphatic rings. The molecular weight excluding hydrogens is 448 g/mol. The lowest BCUT2D eigenvalue weighted by Crippen LogP contribution is -2.22. The van der Waals surface area contributed by atoms with Gasteiger partial charge in [0.25, 0.3) is 0 Å². The maximum atomic E-state index is 13.4. The highest BCUT2D eigenvalue weighted by Gasteiger charge is 2.27. The number of aryl methyl sites for hydroxylation is 1. The van der Waals surface area contributed by atoms with E-state index >= 15 is 0 Å². The zero-order valence-corrected chi connectivity index (χ0v) is 19.9. The van der Waals surface area contributed by atoms with Gasteiger partial charge >= 0.3 is 0 Å². The third-order valence-electron chi connectivity index (χ3n) is 5.61. The van der Waals surface area contributed by atoms with E-state index in [1.54, 1.807) is 35.9 Å². The molecule has 0 aliphatic heterocycles. The Labute approximate surface area is 200 Å². The summed E-state index contributed by atoms with van der Waals surface area (Å²) in [6.45, 7) is 0.404. The zero-order chi connectivity index (χ0) is 24.0. The summed E-state index contributed by atoms with van der Waals surface area (Å²) >= 11 is 0. The van der Waals surface area contributed by atoms with Crippen LogP contribution in [0.2, 0.25) is 0 Å². The number of ether oxygens (including phenoxy) is 1. The minimum absolute atomic E-state index is 0.0650. The van der Waals surface area contributed by atoms with E-state index in [0.29, 0.717) is 36.5 Å². The maximum absolute atomic E-state index is 13.4. The third-order valence-corrected chi connectivity index (χ3v) is 7.18. The molecule has 0 bridgehead atoms. The minimum Gasteiger partial charge on any atom is -0.497 e. The standard InChI is InChI=1S/C26H28N4O3S/c1-33-23-14-8-13-22(17-23)19-34(31,32)26-29-28-25(24(27)18-21-11-6-3-7-12-21)30(26)16-15-20-9-4-2-5-10-20/h2-14,17,24H,15-16,18-19,27H2,1H3/t24-/m0/s1. The topological polar surface area (TPSA) is 100 Å². The van der Waals surface area contributed by atoms with Crippen molar-refractivity contribution >= 4 is 9.84 Å². The summed E-state index contributed by atoms with van der Waals surface area (Å²) in [5, 5.41) is 8.30. The summed E-state index contributed by atoms with van der Waals surface area (Å²) in [5.41, 5.74) is 9.27. The number of sulfone groups is 1. The molecule has 176 valence electrons. The van der Waals surface area contributed by atoms with E-state index in [1.807, 2.05) is 60.7 Å². The molecule has 8 heteroatoms. The van der Waals surface area contributed by atoms with E-state index in [2.05, 4.69) is 10.2 Å². The molecule has 0 spiro atoms. The second kappa shape index (κ2) is 10.6. The summed E-state index contributed by atoms with van der Waals surface area (Å²) in [6, 6.07) is 26.3. The highest BCUT2D eigenvalue weighted by molar-refractivity contribution is 7.90. The van der Waals surface area contributed by atoms with Crippen LogP contribution in [0.15, 0.2) is 90.1 Å². The van der Waals surface area contributed by atoms with Crippen LogP contribution in [0, 0.1) is 0 Å². The fourth-order valence-corrected chi connectivity index (χ4v) is 5.34. The van der Waals surface area contributed by atoms with Crippen molar-refractivity contribution in [3.63, 3.8) is 0 Å². The Hall–Kier alpha value is -3.49. The van der Waals surface area contributed by atoms with Crippen LogP contribution in [-0.2, 0) is 35.0 Å². The van der Waals surface area contributed by atoms with Crippen molar-refractivity contribution < 1.29 is 13.2 Å². The Balaban J connectivity index is 1.66. The Bertz CT molecular complexity index is 1320. The molecule has 1 atom stereocenters. The van der Waals surface area contributed by atoms with Gasteiger partial charge in [0.15, 0.2) is 5.82 Å². The highest BCUT2D eigenvalue weighted by Crippen LogP contribution is 2.23. The van der Waals surface area contributed by atoms with Crippen LogP contribution in [0.3, 0.4) is 0 Å². The van der Waals surface area contributed by atoms with Crippen LogP contribution >= 0.6 is 0 Å². The van der Waals surface area contributed by atoms with Crippen molar-refractivity contribution in [2.24, 2.45) is 5.73 Å². The zero-order valence-electron chi connectivity index (χ0n) is 19.0. The summed E-state index contributed by atoms with van der Waals surface area (Å²) in [7, 11) is -2.23. The Morgan fingerprint density at radius 3 is 2.21 bits per heavy atom. The SMILES string of the molecule is COc1cccc(CS(=O)(=O)c2nnc([C@@H](N)Cc3ccccc3)n2CCc2ccccc2)c1. The van der Waals surface area contributed by atoms with Gasteiger partial charge in [-0.3, -0.25) is 0 Å². The average Bonchev–Trinajstić information content (AvgIpc) is 3.29. The first-order valence-electron chi connectivity index (χ1n) is 11.1. The number of methoxy groups -OCH3 is 1. The van der Waals surface area contributed by atoms with E-state index in [4.69, 9.17) is 10.5 Å². The molecule has 1 heterocycles. The lowest BCUT2D eigenvalue weighted by molar-refractivity contribution is 0.414. The Morgan fingerprint density at radius 2 is 1.53 bits per heavy atom. The fraction of sp³-hybridized carbons (Fsp3) is 0.231. The molecule has 1 aromatic heterocycles. The van der Waals surface area contributed by atoms with E-state index < -0.39 is 15.9 Å². The Kier molecular flexibility index (Phi) is 7.40. The van der Waals surface area contributed by atoms with Crippen LogP contribution in [0.5, 0.6) is 5.75 Å². The van der Waals surface area contributed by atoms with E-state index in [9.17, 15) is 8.42 Å². The summed E-state index contributed by atoms with van der Waals surface area (Å²) in [6.07, 6.45) is 1.16. The van der Waals surface area contributed by atoms with Crippen molar-refractivity contribution in [1.82, 2.24) is 14.8 Å². The molecule has 4 aromatic rings. The lowest BCUT2D eigenvalue weighted by Gasteiger charge is -2.15. The van der Waals surface area contributed by atoms with Gasteiger partial charge in [-0.15, -0.1) is 10.2 Å². The quantitative estimate of drug-likeness (QED) is 0.374. The number of aromatic nitrogens is 3. The largest absolute Gasteiger partial charge is 0.497 e. The first-order chi connectivity index (χ1) is 16.5. The molecule has 0 aliphatic carbocycles. The molecule has 0 fully saturated rings. The van der Waals surface area contributed by atoms with Crippen molar-refractivity contribution in [2.45, 2.75) is 36.3 Å². The van der Waals surface area contributed by atoms with Crippen LogP contribution in [-0.4, -0.2) is 30.3 Å². The number of hydrogen-bond acceptors (Lipinski definition) is 6. The van der Waals surface area contributed by atoms with Crippen molar-refractivity contribution in [2.75, 3.05) is 7.11 Å². The first-order valence-corrected chi connectivity index (χ1v) is 12.7. The minimum atomic E-state index is -3.78. The Morgan fingerprint density at radius 1 is 0.882 bits per heavy atom. The van der Waals surface area contributed by atoms with Crippen LogP contribution in [0.4, 0.5) is 0 Å². The lowest BCUT2D eigenvalue weighted by atomic mass is 10.1. The second-order valence-electron chi connectivity index (χ2n) is 8.13. The summed E-state index contributed by atoms with van der Waals surface area (Å²) < 4.78 is 33.7. The predicted molar refractivity (Wildman–Crippen MR) is 131 cm³/mol. The van der Waals surface area contributed by atoms with E-state index in [1.165, 1.54) is 0 Å². The number of nitrogens with zero attached hydrogens (tertiary/aromatic N) is 3. The molecule has 4 rings (SSSR count). The third kappa shape index (κ3) is 5.70. The fourth-order valence-electron chi connectivity index (χ4n) is 3.91. The molecular formula is C26H28N4O3S. The number of benzene rings is 3. The van der Waals surface area contributed by atoms with Crippen LogP contribution in [0.1, 0.15) is 28.6 Å². The average molecular weight is 477 g/mol. The molecule has 0 amide bonds. The summed E-state index contributed by atoms with van der Waals surface area (Å²) in [5.74, 6) is 0.856. The van der Waals surface area contributed by atoms with Gasteiger partial charge in [-0.2, -0.15) is 0 Å². The van der Waals surface area contributed by atoms with Gasteiger partial charge in [0.2, 0.25) is 15.0 Å². The van der Waals surface area contributed by atoms with Crippen molar-refractivity contribution in [1.29, 1.82) is 0 Å². The van der Waals surface area contributed by atoms with Crippen molar-refractivity contribution in [3.05, 3.63) is 107 Å². The normalized spacial score (nSPS) is 12.4. The second-order valence-corrected chi connectivity index (χ2v) is 10.0. The van der Waals surface area contributed by atoms with Gasteiger partial charge in [0, 0.05) is 6.54 Å². The molecule has 3 aromatic carbocycles. The van der Waals surface area contributed by atoms with Gasteiger partial charge in [0.1, 0.15) is 5.75 Å². The number of hydrogen-bond donors (Lipinski definition) is 1. The molecule has 0 unspecified atom stereocenters. The monoisotopic (exact) mass is 476 g/mol. The van der Waals surface area contributed by atoms with Gasteiger partial charge in [-0.1, -0.05) is 72.8 Å². The van der Waals surface area contributed by atoms with Crippen LogP contribution in [0.25, 0.3) is 0 Å².